The van der Waals surface area contributed by atoms with Crippen molar-refractivity contribution in [2.24, 2.45) is 0 Å². The largest absolute Gasteiger partial charge is 0.497 e. The highest BCUT2D eigenvalue weighted by atomic mass is 16.5. The first kappa shape index (κ1) is 22.6. The Balaban J connectivity index is 1.99. The lowest BCUT2D eigenvalue weighted by atomic mass is 9.97. The van der Waals surface area contributed by atoms with Gasteiger partial charge < -0.3 is 14.4 Å². The van der Waals surface area contributed by atoms with E-state index in [9.17, 15) is 4.79 Å². The van der Waals surface area contributed by atoms with Gasteiger partial charge in [-0.1, -0.05) is 45.4 Å². The Hall–Kier alpha value is -1.71. The number of aryl methyl sites for hydroxylation is 1. The summed E-state index contributed by atoms with van der Waals surface area (Å²) < 4.78 is 10.5. The molecule has 1 unspecified atom stereocenters. The molecule has 0 aromatic heterocycles. The molecule has 0 bridgehead atoms. The van der Waals surface area contributed by atoms with Gasteiger partial charge in [-0.05, 0) is 49.8 Å². The zero-order valence-corrected chi connectivity index (χ0v) is 18.2. The summed E-state index contributed by atoms with van der Waals surface area (Å²) in [6.45, 7) is 3.25. The number of nitrogens with zero attached hydrogens (tertiary/aromatic N) is 1. The highest BCUT2D eigenvalue weighted by Crippen LogP contribution is 2.31. The van der Waals surface area contributed by atoms with Gasteiger partial charge in [-0.3, -0.25) is 4.79 Å². The van der Waals surface area contributed by atoms with Crippen LogP contribution < -0.4 is 9.64 Å². The average molecular weight is 390 g/mol. The molecule has 0 amide bonds. The molecule has 0 radical (unpaired) electrons. The van der Waals surface area contributed by atoms with Gasteiger partial charge in [0.05, 0.1) is 20.6 Å². The normalized spacial score (nSPS) is 16.8. The van der Waals surface area contributed by atoms with E-state index in [-0.39, 0.29) is 12.0 Å². The fourth-order valence-corrected chi connectivity index (χ4v) is 4.19. The Kier molecular flexibility index (Phi) is 10.2. The molecule has 1 aromatic carbocycles. The molecule has 0 aliphatic carbocycles. The number of piperidine rings is 1. The average Bonchev–Trinajstić information content (AvgIpc) is 2.73. The van der Waals surface area contributed by atoms with Gasteiger partial charge in [0.2, 0.25) is 0 Å². The molecular weight excluding hydrogens is 350 g/mol. The molecule has 1 saturated heterocycles. The molecule has 1 heterocycles. The van der Waals surface area contributed by atoms with Crippen LogP contribution >= 0.6 is 0 Å². The highest BCUT2D eigenvalue weighted by molar-refractivity contribution is 5.71. The van der Waals surface area contributed by atoms with Crippen molar-refractivity contribution in [1.82, 2.24) is 0 Å². The summed E-state index contributed by atoms with van der Waals surface area (Å²) >= 11 is 0. The molecule has 1 aromatic rings. The van der Waals surface area contributed by atoms with E-state index in [1.54, 1.807) is 7.11 Å². The first-order valence-corrected chi connectivity index (χ1v) is 11.2. The van der Waals surface area contributed by atoms with Gasteiger partial charge in [0, 0.05) is 24.3 Å². The van der Waals surface area contributed by atoms with Crippen LogP contribution in [0.1, 0.15) is 83.1 Å². The van der Waals surface area contributed by atoms with E-state index < -0.39 is 0 Å². The highest BCUT2D eigenvalue weighted by Gasteiger charge is 2.26. The van der Waals surface area contributed by atoms with Gasteiger partial charge in [-0.25, -0.2) is 0 Å². The number of unbranched alkanes of at least 4 members (excludes halogenated alkanes) is 6. The maximum Gasteiger partial charge on any atom is 0.307 e. The number of hydrogen-bond acceptors (Lipinski definition) is 4. The van der Waals surface area contributed by atoms with Crippen molar-refractivity contribution in [1.29, 1.82) is 0 Å². The molecule has 0 spiro atoms. The summed E-state index contributed by atoms with van der Waals surface area (Å²) in [5, 5.41) is 0. The SMILES string of the molecule is CCCCCCCCCc1cc(OC)cc(N2CCCCC2CC(=O)OC)c1. The molecule has 158 valence electrons. The first-order chi connectivity index (χ1) is 13.7. The summed E-state index contributed by atoms with van der Waals surface area (Å²) in [5.74, 6) is 0.793. The molecule has 0 N–H and O–H groups in total. The number of benzene rings is 1. The molecule has 1 aliphatic heterocycles. The van der Waals surface area contributed by atoms with Crippen LogP contribution in [0, 0.1) is 0 Å². The van der Waals surface area contributed by atoms with E-state index >= 15 is 0 Å². The Bertz CT molecular complexity index is 587. The summed E-state index contributed by atoms with van der Waals surface area (Å²) in [6.07, 6.45) is 14.2. The minimum atomic E-state index is -0.122. The zero-order valence-electron chi connectivity index (χ0n) is 18.2. The van der Waals surface area contributed by atoms with Crippen molar-refractivity contribution < 1.29 is 14.3 Å². The number of anilines is 1. The van der Waals surface area contributed by atoms with Crippen molar-refractivity contribution in [2.45, 2.75) is 90.0 Å². The van der Waals surface area contributed by atoms with Crippen LogP contribution in [0.3, 0.4) is 0 Å². The van der Waals surface area contributed by atoms with Crippen molar-refractivity contribution in [2.75, 3.05) is 25.7 Å². The predicted octanol–water partition coefficient (Wildman–Crippen LogP) is 5.91. The van der Waals surface area contributed by atoms with Crippen LogP contribution in [0.15, 0.2) is 18.2 Å². The van der Waals surface area contributed by atoms with Crippen molar-refractivity contribution in [3.8, 4) is 5.75 Å². The maximum atomic E-state index is 11.8. The Morgan fingerprint density at radius 3 is 2.50 bits per heavy atom. The number of methoxy groups -OCH3 is 2. The molecule has 0 saturated carbocycles. The molecule has 1 fully saturated rings. The van der Waals surface area contributed by atoms with Crippen LogP contribution in [-0.2, 0) is 16.0 Å². The smallest absolute Gasteiger partial charge is 0.307 e. The summed E-state index contributed by atoms with van der Waals surface area (Å²) in [4.78, 5) is 14.2. The zero-order chi connectivity index (χ0) is 20.2. The fourth-order valence-electron chi connectivity index (χ4n) is 4.19. The van der Waals surface area contributed by atoms with Crippen molar-refractivity contribution in [3.63, 3.8) is 0 Å². The summed E-state index contributed by atoms with van der Waals surface area (Å²) in [6, 6.07) is 6.80. The summed E-state index contributed by atoms with van der Waals surface area (Å²) in [7, 11) is 3.21. The molecule has 2 rings (SSSR count). The monoisotopic (exact) mass is 389 g/mol. The molecule has 1 aliphatic rings. The van der Waals surface area contributed by atoms with Gasteiger partial charge in [-0.2, -0.15) is 0 Å². The Morgan fingerprint density at radius 2 is 1.79 bits per heavy atom. The van der Waals surface area contributed by atoms with Gasteiger partial charge in [-0.15, -0.1) is 0 Å². The second-order valence-electron chi connectivity index (χ2n) is 8.03. The number of carbonyl (C=O) groups is 1. The topological polar surface area (TPSA) is 38.8 Å². The summed E-state index contributed by atoms with van der Waals surface area (Å²) in [5.41, 5.74) is 2.52. The minimum absolute atomic E-state index is 0.122. The lowest BCUT2D eigenvalue weighted by Gasteiger charge is -2.37. The number of esters is 1. The van der Waals surface area contributed by atoms with E-state index in [1.165, 1.54) is 76.1 Å². The fraction of sp³-hybridized carbons (Fsp3) is 0.708. The van der Waals surface area contributed by atoms with Crippen LogP contribution in [0.25, 0.3) is 0 Å². The Labute approximate surface area is 171 Å². The van der Waals surface area contributed by atoms with E-state index in [4.69, 9.17) is 9.47 Å². The van der Waals surface area contributed by atoms with E-state index in [0.29, 0.717) is 6.42 Å². The Morgan fingerprint density at radius 1 is 1.04 bits per heavy atom. The quantitative estimate of drug-likeness (QED) is 0.329. The maximum absolute atomic E-state index is 11.8. The van der Waals surface area contributed by atoms with Crippen molar-refractivity contribution in [3.05, 3.63) is 23.8 Å². The first-order valence-electron chi connectivity index (χ1n) is 11.2. The van der Waals surface area contributed by atoms with E-state index in [0.717, 1.165) is 25.1 Å². The van der Waals surface area contributed by atoms with Gasteiger partial charge in [0.15, 0.2) is 0 Å². The van der Waals surface area contributed by atoms with Gasteiger partial charge >= 0.3 is 5.97 Å². The van der Waals surface area contributed by atoms with Crippen LogP contribution in [0.5, 0.6) is 5.75 Å². The number of ether oxygens (including phenoxy) is 2. The molecule has 28 heavy (non-hydrogen) atoms. The second kappa shape index (κ2) is 12.7. The third-order valence-electron chi connectivity index (χ3n) is 5.84. The van der Waals surface area contributed by atoms with E-state index in [2.05, 4.69) is 30.0 Å². The predicted molar refractivity (Wildman–Crippen MR) is 116 cm³/mol. The van der Waals surface area contributed by atoms with Gasteiger partial charge in [0.25, 0.3) is 0 Å². The molecule has 4 nitrogen and oxygen atoms in total. The number of rotatable bonds is 12. The molecular formula is C24H39NO3. The van der Waals surface area contributed by atoms with Crippen LogP contribution in [0.4, 0.5) is 5.69 Å². The van der Waals surface area contributed by atoms with Crippen molar-refractivity contribution >= 4 is 11.7 Å². The number of carbonyl (C=O) groups excluding carboxylic acids is 1. The third-order valence-corrected chi connectivity index (χ3v) is 5.84. The lowest BCUT2D eigenvalue weighted by molar-refractivity contribution is -0.141. The lowest BCUT2D eigenvalue weighted by Crippen LogP contribution is -2.41. The number of hydrogen-bond donors (Lipinski definition) is 0. The van der Waals surface area contributed by atoms with Crippen LogP contribution in [-0.4, -0.2) is 32.8 Å². The minimum Gasteiger partial charge on any atom is -0.497 e. The van der Waals surface area contributed by atoms with E-state index in [1.807, 2.05) is 0 Å². The second-order valence-corrected chi connectivity index (χ2v) is 8.03. The molecule has 1 atom stereocenters. The molecule has 4 heteroatoms. The third kappa shape index (κ3) is 7.37. The standard InChI is InChI=1S/C24H39NO3/c1-4-5-6-7-8-9-10-13-20-16-22(18-23(17-20)27-2)25-15-12-11-14-21(25)19-24(26)28-3/h16-18,21H,4-15,19H2,1-3H3. The van der Waals surface area contributed by atoms with Crippen LogP contribution in [0.2, 0.25) is 0 Å². The van der Waals surface area contributed by atoms with Gasteiger partial charge in [0.1, 0.15) is 5.75 Å².